The zero-order chi connectivity index (χ0) is 14.9. The van der Waals surface area contributed by atoms with Crippen LogP contribution in [0.3, 0.4) is 0 Å². The first-order valence-electron chi connectivity index (χ1n) is 6.45. The lowest BCUT2D eigenvalue weighted by molar-refractivity contribution is 0.531. The zero-order valence-electron chi connectivity index (χ0n) is 11.1. The van der Waals surface area contributed by atoms with Crippen molar-refractivity contribution >= 4 is 56.8 Å². The molecule has 22 heavy (non-hydrogen) atoms. The molecule has 0 atom stereocenters. The van der Waals surface area contributed by atoms with Crippen LogP contribution in [0.25, 0.3) is 22.1 Å². The molecule has 108 valence electrons. The number of nitrogens with zero attached hydrogens (tertiary/aromatic N) is 4. The smallest absolute Gasteiger partial charge is 0.265 e. The van der Waals surface area contributed by atoms with Crippen molar-refractivity contribution in [1.82, 2.24) is 20.2 Å². The number of nitrogens with one attached hydrogen (secondary N) is 2. The van der Waals surface area contributed by atoms with Crippen molar-refractivity contribution in [2.24, 2.45) is 5.10 Å². The first kappa shape index (κ1) is 13.2. The van der Waals surface area contributed by atoms with Gasteiger partial charge in [-0.15, -0.1) is 10.2 Å². The number of fused-ring (bicyclic) bond motifs is 3. The van der Waals surface area contributed by atoms with Gasteiger partial charge in [-0.1, -0.05) is 18.2 Å². The molecule has 0 saturated carbocycles. The molecule has 4 rings (SSSR count). The molecule has 0 bridgehead atoms. The van der Waals surface area contributed by atoms with E-state index in [1.54, 1.807) is 6.21 Å². The van der Waals surface area contributed by atoms with Crippen molar-refractivity contribution in [3.63, 3.8) is 0 Å². The summed E-state index contributed by atoms with van der Waals surface area (Å²) in [5.74, 6) is 0.966. The monoisotopic (exact) mass is 404 g/mol. The number of aromatic nitrogens is 4. The van der Waals surface area contributed by atoms with Gasteiger partial charge in [0.25, 0.3) is 5.95 Å². The van der Waals surface area contributed by atoms with Gasteiger partial charge in [0.15, 0.2) is 9.41 Å². The van der Waals surface area contributed by atoms with E-state index < -0.39 is 0 Å². The lowest BCUT2D eigenvalue weighted by atomic mass is 10.2. The standard InChI is InChI=1S/C14H9IN6O/c15-11-6-5-8(22-11)7-16-20-14-18-13-12(19-21-14)9-3-1-2-4-10(9)17-13/h1-7H,(H2,17,18,20,21)/b16-7-. The Morgan fingerprint density at radius 1 is 1.18 bits per heavy atom. The van der Waals surface area contributed by atoms with Crippen LogP contribution in [0, 0.1) is 3.77 Å². The second kappa shape index (κ2) is 5.37. The van der Waals surface area contributed by atoms with E-state index in [0.29, 0.717) is 17.4 Å². The van der Waals surface area contributed by atoms with Crippen LogP contribution in [0.15, 0.2) is 45.9 Å². The Balaban J connectivity index is 1.62. The largest absolute Gasteiger partial charge is 0.449 e. The fraction of sp³-hybridized carbons (Fsp3) is 0. The quantitative estimate of drug-likeness (QED) is 0.311. The fourth-order valence-electron chi connectivity index (χ4n) is 2.12. The van der Waals surface area contributed by atoms with E-state index in [1.807, 2.05) is 36.4 Å². The van der Waals surface area contributed by atoms with Crippen LogP contribution in [-0.4, -0.2) is 26.4 Å². The third-order valence-corrected chi connectivity index (χ3v) is 3.65. The van der Waals surface area contributed by atoms with Gasteiger partial charge in [0.05, 0.1) is 6.21 Å². The predicted molar refractivity (Wildman–Crippen MR) is 91.8 cm³/mol. The van der Waals surface area contributed by atoms with Gasteiger partial charge >= 0.3 is 0 Å². The number of benzene rings is 1. The summed E-state index contributed by atoms with van der Waals surface area (Å²) in [4.78, 5) is 7.57. The lowest BCUT2D eigenvalue weighted by Crippen LogP contribution is -1.98. The molecular weight excluding hydrogens is 395 g/mol. The van der Waals surface area contributed by atoms with E-state index in [9.17, 15) is 0 Å². The topological polar surface area (TPSA) is 92.0 Å². The highest BCUT2D eigenvalue weighted by molar-refractivity contribution is 14.1. The maximum atomic E-state index is 5.37. The number of para-hydroxylation sites is 1. The molecular formula is C14H9IN6O. The Morgan fingerprint density at radius 2 is 2.09 bits per heavy atom. The minimum Gasteiger partial charge on any atom is -0.449 e. The highest BCUT2D eigenvalue weighted by Gasteiger charge is 2.07. The van der Waals surface area contributed by atoms with Crippen molar-refractivity contribution in [1.29, 1.82) is 0 Å². The lowest BCUT2D eigenvalue weighted by Gasteiger charge is -1.96. The molecule has 0 aliphatic rings. The summed E-state index contributed by atoms with van der Waals surface area (Å²) in [6.45, 7) is 0. The van der Waals surface area contributed by atoms with Crippen LogP contribution in [0.1, 0.15) is 5.76 Å². The molecule has 4 aromatic rings. The van der Waals surface area contributed by atoms with Gasteiger partial charge in [0.2, 0.25) is 0 Å². The minimum absolute atomic E-state index is 0.316. The summed E-state index contributed by atoms with van der Waals surface area (Å²) in [6, 6.07) is 11.6. The number of rotatable bonds is 3. The maximum absolute atomic E-state index is 5.37. The van der Waals surface area contributed by atoms with Crippen LogP contribution < -0.4 is 5.43 Å². The average Bonchev–Trinajstić information content (AvgIpc) is 3.10. The summed E-state index contributed by atoms with van der Waals surface area (Å²) in [7, 11) is 0. The number of furan rings is 1. The van der Waals surface area contributed by atoms with Gasteiger partial charge in [-0.2, -0.15) is 10.1 Å². The molecule has 0 unspecified atom stereocenters. The summed E-state index contributed by atoms with van der Waals surface area (Å²) in [6.07, 6.45) is 1.56. The molecule has 0 spiro atoms. The third kappa shape index (κ3) is 2.41. The van der Waals surface area contributed by atoms with E-state index in [0.717, 1.165) is 20.2 Å². The molecule has 3 heterocycles. The first-order chi connectivity index (χ1) is 10.8. The molecule has 1 aromatic carbocycles. The van der Waals surface area contributed by atoms with E-state index in [1.165, 1.54) is 0 Å². The van der Waals surface area contributed by atoms with Crippen molar-refractivity contribution < 1.29 is 4.42 Å². The van der Waals surface area contributed by atoms with Gasteiger partial charge < -0.3 is 9.40 Å². The molecule has 2 N–H and O–H groups in total. The average molecular weight is 404 g/mol. The molecule has 0 saturated heterocycles. The molecule has 0 aliphatic carbocycles. The fourth-order valence-corrected chi connectivity index (χ4v) is 2.55. The Bertz CT molecular complexity index is 989. The van der Waals surface area contributed by atoms with Gasteiger partial charge in [-0.05, 0) is 40.8 Å². The van der Waals surface area contributed by atoms with Crippen LogP contribution in [0.4, 0.5) is 5.95 Å². The SMILES string of the molecule is Ic1ccc(/C=N\Nc2nnc3c(n2)[nH]c2ccccc23)o1. The predicted octanol–water partition coefficient (Wildman–Crippen LogP) is 3.15. The number of hydrogen-bond acceptors (Lipinski definition) is 6. The van der Waals surface area contributed by atoms with E-state index in [2.05, 4.69) is 53.3 Å². The van der Waals surface area contributed by atoms with E-state index >= 15 is 0 Å². The Labute approximate surface area is 138 Å². The van der Waals surface area contributed by atoms with E-state index in [4.69, 9.17) is 4.42 Å². The highest BCUT2D eigenvalue weighted by atomic mass is 127. The van der Waals surface area contributed by atoms with Crippen molar-refractivity contribution in [3.05, 3.63) is 45.9 Å². The van der Waals surface area contributed by atoms with Gasteiger partial charge in [-0.25, -0.2) is 5.43 Å². The second-order valence-corrected chi connectivity index (χ2v) is 5.58. The number of H-pyrrole nitrogens is 1. The van der Waals surface area contributed by atoms with Crippen LogP contribution in [0.5, 0.6) is 0 Å². The molecule has 0 fully saturated rings. The molecule has 0 radical (unpaired) electrons. The zero-order valence-corrected chi connectivity index (χ0v) is 13.3. The number of anilines is 1. The molecule has 7 nitrogen and oxygen atoms in total. The van der Waals surface area contributed by atoms with Crippen molar-refractivity contribution in [2.75, 3.05) is 5.43 Å². The summed E-state index contributed by atoms with van der Waals surface area (Å²) >= 11 is 2.09. The second-order valence-electron chi connectivity index (χ2n) is 4.52. The molecule has 8 heteroatoms. The molecule has 0 aliphatic heterocycles. The van der Waals surface area contributed by atoms with Crippen LogP contribution in [0.2, 0.25) is 0 Å². The summed E-state index contributed by atoms with van der Waals surface area (Å²) < 4.78 is 6.17. The Hall–Kier alpha value is -2.49. The molecule has 0 amide bonds. The van der Waals surface area contributed by atoms with Gasteiger partial charge in [0.1, 0.15) is 11.3 Å². The van der Waals surface area contributed by atoms with Crippen LogP contribution >= 0.6 is 22.6 Å². The van der Waals surface area contributed by atoms with Crippen molar-refractivity contribution in [3.8, 4) is 0 Å². The van der Waals surface area contributed by atoms with E-state index in [-0.39, 0.29) is 0 Å². The Kier molecular flexibility index (Phi) is 3.22. The normalized spacial score (nSPS) is 11.7. The number of hydrazone groups is 1. The van der Waals surface area contributed by atoms with Crippen LogP contribution in [-0.2, 0) is 0 Å². The first-order valence-corrected chi connectivity index (χ1v) is 7.53. The number of aromatic amines is 1. The summed E-state index contributed by atoms with van der Waals surface area (Å²) in [5, 5.41) is 13.3. The number of halogens is 1. The number of hydrogen-bond donors (Lipinski definition) is 2. The van der Waals surface area contributed by atoms with Gasteiger partial charge in [-0.3, -0.25) is 0 Å². The third-order valence-electron chi connectivity index (χ3n) is 3.07. The van der Waals surface area contributed by atoms with Crippen molar-refractivity contribution in [2.45, 2.75) is 0 Å². The molecule has 3 aromatic heterocycles. The van der Waals surface area contributed by atoms with Gasteiger partial charge in [0, 0.05) is 10.9 Å². The summed E-state index contributed by atoms with van der Waals surface area (Å²) in [5.41, 5.74) is 5.13. The minimum atomic E-state index is 0.316. The Morgan fingerprint density at radius 3 is 2.95 bits per heavy atom. The maximum Gasteiger partial charge on any atom is 0.265 e. The highest BCUT2D eigenvalue weighted by Crippen LogP contribution is 2.21.